The van der Waals surface area contributed by atoms with Gasteiger partial charge in [0.05, 0.1) is 61.7 Å². The van der Waals surface area contributed by atoms with E-state index >= 15 is 0 Å². The molecule has 2 amide bonds. The van der Waals surface area contributed by atoms with Crippen molar-refractivity contribution in [1.82, 2.24) is 24.8 Å². The Morgan fingerprint density at radius 3 is 2.38 bits per heavy atom. The van der Waals surface area contributed by atoms with Crippen LogP contribution in [0.4, 0.5) is 11.6 Å². The average molecular weight is 723 g/mol. The van der Waals surface area contributed by atoms with Gasteiger partial charge in [-0.3, -0.25) is 19.0 Å². The molecule has 1 saturated heterocycles. The van der Waals surface area contributed by atoms with Gasteiger partial charge >= 0.3 is 0 Å². The molecule has 13 nitrogen and oxygen atoms in total. The molecular formula is C35H37Cl2N7O6. The maximum absolute atomic E-state index is 14.5. The van der Waals surface area contributed by atoms with Crippen molar-refractivity contribution in [3.8, 4) is 22.6 Å². The summed E-state index contributed by atoms with van der Waals surface area (Å²) in [5.74, 6) is 0.191. The number of nitrogens with zero attached hydrogens (tertiary/aromatic N) is 4. The molecule has 0 radical (unpaired) electrons. The Kier molecular flexibility index (Phi) is 11.8. The summed E-state index contributed by atoms with van der Waals surface area (Å²) in [6.07, 6.45) is 6.03. The third-order valence-electron chi connectivity index (χ3n) is 7.88. The number of hydrogen-bond donors (Lipinski definition) is 3. The second kappa shape index (κ2) is 16.2. The smallest absolute Gasteiger partial charge is 0.260 e. The molecular weight excluding hydrogens is 685 g/mol. The Labute approximate surface area is 298 Å². The molecule has 2 unspecified atom stereocenters. The first-order valence-electron chi connectivity index (χ1n) is 15.5. The zero-order valence-corrected chi connectivity index (χ0v) is 29.5. The van der Waals surface area contributed by atoms with E-state index in [9.17, 15) is 14.4 Å². The van der Waals surface area contributed by atoms with Gasteiger partial charge < -0.3 is 35.1 Å². The van der Waals surface area contributed by atoms with Crippen LogP contribution in [-0.2, 0) is 20.9 Å². The predicted octanol–water partition coefficient (Wildman–Crippen LogP) is 4.37. The van der Waals surface area contributed by atoms with Gasteiger partial charge in [-0.15, -0.1) is 0 Å². The van der Waals surface area contributed by atoms with Crippen LogP contribution in [0.3, 0.4) is 0 Å². The summed E-state index contributed by atoms with van der Waals surface area (Å²) < 4.78 is 18.0. The number of halogens is 2. The molecule has 3 N–H and O–H groups in total. The lowest BCUT2D eigenvalue weighted by atomic mass is 10.0. The molecule has 0 aliphatic carbocycles. The Morgan fingerprint density at radius 2 is 1.74 bits per heavy atom. The fourth-order valence-corrected chi connectivity index (χ4v) is 6.06. The zero-order valence-electron chi connectivity index (χ0n) is 28.0. The number of hydrogen-bond acceptors (Lipinski definition) is 10. The van der Waals surface area contributed by atoms with Gasteiger partial charge in [-0.1, -0.05) is 48.0 Å². The molecule has 2 aromatic heterocycles. The predicted molar refractivity (Wildman–Crippen MR) is 195 cm³/mol. The first-order chi connectivity index (χ1) is 24.0. The van der Waals surface area contributed by atoms with Crippen molar-refractivity contribution >= 4 is 57.7 Å². The van der Waals surface area contributed by atoms with Gasteiger partial charge in [-0.05, 0) is 43.9 Å². The summed E-state index contributed by atoms with van der Waals surface area (Å²) in [5, 5.41) is 9.69. The number of aromatic nitrogens is 3. The zero-order chi connectivity index (χ0) is 35.9. The summed E-state index contributed by atoms with van der Waals surface area (Å²) in [6, 6.07) is 9.61. The fourth-order valence-electron chi connectivity index (χ4n) is 5.35. The number of carbonyl (C=O) groups is 2. The molecule has 4 aromatic rings. The van der Waals surface area contributed by atoms with Crippen molar-refractivity contribution in [2.24, 2.45) is 0 Å². The molecule has 262 valence electrons. The van der Waals surface area contributed by atoms with Crippen LogP contribution < -0.4 is 31.0 Å². The lowest BCUT2D eigenvalue weighted by Gasteiger charge is -2.20. The third-order valence-corrected chi connectivity index (χ3v) is 8.63. The van der Waals surface area contributed by atoms with Crippen LogP contribution >= 0.6 is 23.2 Å². The quantitative estimate of drug-likeness (QED) is 0.170. The number of likely N-dealkylation sites (N-methyl/N-ethyl adjacent to an activating group) is 1. The van der Waals surface area contributed by atoms with Crippen LogP contribution in [0.15, 0.2) is 72.2 Å². The van der Waals surface area contributed by atoms with E-state index in [1.165, 1.54) is 30.9 Å². The highest BCUT2D eigenvalue weighted by atomic mass is 35.5. The standard InChI is InChI=1S/C35H37Cl2N7O6/c1-6-28(45)40-24-18-50-19-25(24)41-35-38-16-21-14-23(30-31(36)26(48-4)15-27(49-5)32(30)37)34(47)44(33(21)42-35)17-20-9-11-22(12-10-20)39-29(46)8-7-13-43(2)3/h6-12,14-16,24-25H,1,13,17-19H2,2-5H3,(H,39,46)(H,40,45)(H,38,41,42)/b8-7+. The maximum Gasteiger partial charge on any atom is 0.260 e. The highest BCUT2D eigenvalue weighted by molar-refractivity contribution is 6.41. The van der Waals surface area contributed by atoms with Crippen LogP contribution in [0.25, 0.3) is 22.2 Å². The molecule has 1 aliphatic rings. The molecule has 0 bridgehead atoms. The van der Waals surface area contributed by atoms with E-state index in [0.717, 1.165) is 5.56 Å². The summed E-state index contributed by atoms with van der Waals surface area (Å²) in [4.78, 5) is 50.0. The van der Waals surface area contributed by atoms with Crippen molar-refractivity contribution in [3.05, 3.63) is 93.4 Å². The topological polar surface area (TPSA) is 149 Å². The Bertz CT molecular complexity index is 1970. The van der Waals surface area contributed by atoms with Crippen molar-refractivity contribution < 1.29 is 23.8 Å². The lowest BCUT2D eigenvalue weighted by molar-refractivity contribution is -0.117. The number of rotatable bonds is 13. The van der Waals surface area contributed by atoms with Crippen LogP contribution in [0, 0.1) is 0 Å². The van der Waals surface area contributed by atoms with E-state index in [-0.39, 0.29) is 69.1 Å². The number of pyridine rings is 1. The SMILES string of the molecule is C=CC(=O)NC1COCC1Nc1ncc2cc(-c3c(Cl)c(OC)cc(OC)c3Cl)c(=O)n(Cc3ccc(NC(=O)/C=C/CN(C)C)cc3)c2n1. The van der Waals surface area contributed by atoms with Gasteiger partial charge in [0, 0.05) is 41.5 Å². The minimum atomic E-state index is -0.440. The summed E-state index contributed by atoms with van der Waals surface area (Å²) in [5.41, 5.74) is 1.64. The Morgan fingerprint density at radius 1 is 1.06 bits per heavy atom. The second-order valence-corrected chi connectivity index (χ2v) is 12.4. The number of methoxy groups -OCH3 is 2. The summed E-state index contributed by atoms with van der Waals surface area (Å²) in [7, 11) is 6.73. The van der Waals surface area contributed by atoms with Gasteiger partial charge in [0.15, 0.2) is 0 Å². The number of ether oxygens (including phenoxy) is 3. The van der Waals surface area contributed by atoms with Gasteiger partial charge in [-0.25, -0.2) is 4.98 Å². The fraction of sp³-hybridized carbons (Fsp3) is 0.286. The minimum Gasteiger partial charge on any atom is -0.495 e. The lowest BCUT2D eigenvalue weighted by Crippen LogP contribution is -2.45. The van der Waals surface area contributed by atoms with Gasteiger partial charge in [0.25, 0.3) is 5.56 Å². The van der Waals surface area contributed by atoms with Gasteiger partial charge in [0.1, 0.15) is 17.1 Å². The van der Waals surface area contributed by atoms with Gasteiger partial charge in [0.2, 0.25) is 17.8 Å². The van der Waals surface area contributed by atoms with Crippen molar-refractivity contribution in [3.63, 3.8) is 0 Å². The van der Waals surface area contributed by atoms with Crippen LogP contribution in [0.1, 0.15) is 5.56 Å². The average Bonchev–Trinajstić information content (AvgIpc) is 3.53. The molecule has 1 aliphatic heterocycles. The van der Waals surface area contributed by atoms with E-state index in [0.29, 0.717) is 36.5 Å². The van der Waals surface area contributed by atoms with E-state index in [4.69, 9.17) is 42.4 Å². The molecule has 0 spiro atoms. The number of fused-ring (bicyclic) bond motifs is 1. The summed E-state index contributed by atoms with van der Waals surface area (Å²) in [6.45, 7) is 4.84. The maximum atomic E-state index is 14.5. The Hall–Kier alpha value is -4.95. The van der Waals surface area contributed by atoms with Crippen LogP contribution in [0.2, 0.25) is 10.0 Å². The van der Waals surface area contributed by atoms with Crippen LogP contribution in [0.5, 0.6) is 11.5 Å². The highest BCUT2D eigenvalue weighted by Gasteiger charge is 2.30. The van der Waals surface area contributed by atoms with E-state index in [1.807, 2.05) is 31.1 Å². The number of benzene rings is 2. The van der Waals surface area contributed by atoms with Crippen molar-refractivity contribution in [2.75, 3.05) is 58.7 Å². The molecule has 1 fully saturated rings. The first-order valence-corrected chi connectivity index (χ1v) is 16.3. The number of nitrogens with one attached hydrogen (secondary N) is 3. The molecule has 15 heteroatoms. The molecule has 50 heavy (non-hydrogen) atoms. The van der Waals surface area contributed by atoms with Gasteiger partial charge in [-0.2, -0.15) is 4.98 Å². The van der Waals surface area contributed by atoms with Crippen molar-refractivity contribution in [1.29, 1.82) is 0 Å². The monoisotopic (exact) mass is 721 g/mol. The summed E-state index contributed by atoms with van der Waals surface area (Å²) >= 11 is 13.5. The molecule has 0 saturated carbocycles. The minimum absolute atomic E-state index is 0.0947. The van der Waals surface area contributed by atoms with Crippen LogP contribution in [-0.4, -0.2) is 91.4 Å². The first kappa shape index (κ1) is 36.3. The normalized spacial score (nSPS) is 15.7. The molecule has 2 atom stereocenters. The highest BCUT2D eigenvalue weighted by Crippen LogP contribution is 2.45. The van der Waals surface area contributed by atoms with E-state index in [2.05, 4.69) is 27.5 Å². The molecule has 5 rings (SSSR count). The van der Waals surface area contributed by atoms with E-state index < -0.39 is 5.56 Å². The molecule has 3 heterocycles. The third kappa shape index (κ3) is 8.25. The van der Waals surface area contributed by atoms with E-state index in [1.54, 1.807) is 36.5 Å². The number of anilines is 2. The Balaban J connectivity index is 1.56. The number of carbonyl (C=O) groups excluding carboxylic acids is 2. The number of amides is 2. The largest absolute Gasteiger partial charge is 0.495 e. The second-order valence-electron chi connectivity index (χ2n) is 11.7. The van der Waals surface area contributed by atoms with Crippen molar-refractivity contribution in [2.45, 2.75) is 18.6 Å². The molecule has 2 aromatic carbocycles.